The number of aromatic nitrogens is 2. The average molecular weight is 339 g/mol. The number of aromatic amines is 1. The normalized spacial score (nSPS) is 17.4. The highest BCUT2D eigenvalue weighted by Crippen LogP contribution is 2.18. The van der Waals surface area contributed by atoms with Crippen molar-refractivity contribution >= 4 is 11.6 Å². The summed E-state index contributed by atoms with van der Waals surface area (Å²) in [4.78, 5) is 15.0. The van der Waals surface area contributed by atoms with Crippen LogP contribution in [-0.4, -0.2) is 47.2 Å². The lowest BCUT2D eigenvalue weighted by Gasteiger charge is -2.14. The van der Waals surface area contributed by atoms with Crippen LogP contribution in [0.2, 0.25) is 0 Å². The third-order valence-electron chi connectivity index (χ3n) is 5.15. The highest BCUT2D eigenvalue weighted by Gasteiger charge is 2.21. The predicted molar refractivity (Wildman–Crippen MR) is 97.8 cm³/mol. The van der Waals surface area contributed by atoms with Gasteiger partial charge in [0.1, 0.15) is 0 Å². The number of rotatable bonds is 5. The number of H-pyrrole nitrogens is 1. The summed E-state index contributed by atoms with van der Waals surface area (Å²) < 4.78 is 0. The summed E-state index contributed by atoms with van der Waals surface area (Å²) >= 11 is 0. The molecule has 0 aliphatic carbocycles. The van der Waals surface area contributed by atoms with E-state index in [1.165, 1.54) is 31.5 Å². The number of likely N-dealkylation sites (tertiary alicyclic amines) is 1. The summed E-state index contributed by atoms with van der Waals surface area (Å²) in [6.45, 7) is 5.21. The van der Waals surface area contributed by atoms with Crippen LogP contribution in [0.5, 0.6) is 0 Å². The van der Waals surface area contributed by atoms with E-state index in [4.69, 9.17) is 0 Å². The molecule has 6 nitrogen and oxygen atoms in total. The third kappa shape index (κ3) is 3.75. The van der Waals surface area contributed by atoms with Gasteiger partial charge in [-0.05, 0) is 50.0 Å². The lowest BCUT2D eigenvalue weighted by molar-refractivity contribution is 0.102. The minimum atomic E-state index is -0.147. The van der Waals surface area contributed by atoms with Crippen molar-refractivity contribution in [3.05, 3.63) is 46.8 Å². The smallest absolute Gasteiger partial charge is 0.276 e. The number of amides is 1. The largest absolute Gasteiger partial charge is 0.321 e. The lowest BCUT2D eigenvalue weighted by Crippen LogP contribution is -2.25. The highest BCUT2D eigenvalue weighted by molar-refractivity contribution is 6.04. The molecular weight excluding hydrogens is 314 g/mol. The number of hydrogen-bond acceptors (Lipinski definition) is 4. The molecule has 1 amide bonds. The van der Waals surface area contributed by atoms with Gasteiger partial charge >= 0.3 is 0 Å². The molecule has 3 N–H and O–H groups in total. The Morgan fingerprint density at radius 1 is 1.20 bits per heavy atom. The number of hydrogen-bond donors (Lipinski definition) is 3. The molecule has 132 valence electrons. The van der Waals surface area contributed by atoms with Crippen LogP contribution in [0.3, 0.4) is 0 Å². The molecule has 2 aliphatic rings. The van der Waals surface area contributed by atoms with Gasteiger partial charge in [-0.3, -0.25) is 9.89 Å². The maximum Gasteiger partial charge on any atom is 0.276 e. The Bertz CT molecular complexity index is 731. The minimum absolute atomic E-state index is 0.147. The maximum atomic E-state index is 12.5. The van der Waals surface area contributed by atoms with E-state index in [9.17, 15) is 4.79 Å². The second kappa shape index (κ2) is 7.37. The first-order valence-electron chi connectivity index (χ1n) is 9.19. The molecule has 0 bridgehead atoms. The standard InChI is InChI=1S/C19H25N5O/c25-19(18-16-13-20-9-7-17(16)22-23-18)21-15-5-3-14(4-6-15)8-12-24-10-1-2-11-24/h3-6,20H,1-2,7-13H2,(H,21,25)(H,22,23). The number of carbonyl (C=O) groups is 1. The molecule has 4 rings (SSSR count). The van der Waals surface area contributed by atoms with Gasteiger partial charge in [0.25, 0.3) is 5.91 Å². The van der Waals surface area contributed by atoms with E-state index in [1.807, 2.05) is 12.1 Å². The zero-order valence-electron chi connectivity index (χ0n) is 14.5. The van der Waals surface area contributed by atoms with Gasteiger partial charge in [-0.1, -0.05) is 12.1 Å². The molecule has 1 fully saturated rings. The van der Waals surface area contributed by atoms with Crippen LogP contribution in [0.25, 0.3) is 0 Å². The Labute approximate surface area is 148 Å². The fourth-order valence-electron chi connectivity index (χ4n) is 3.65. The fraction of sp³-hybridized carbons (Fsp3) is 0.474. The first kappa shape index (κ1) is 16.3. The first-order chi connectivity index (χ1) is 12.3. The molecule has 0 spiro atoms. The summed E-state index contributed by atoms with van der Waals surface area (Å²) in [5.41, 5.74) is 4.69. The number of nitrogens with one attached hydrogen (secondary N) is 3. The summed E-state index contributed by atoms with van der Waals surface area (Å²) in [6, 6.07) is 8.17. The van der Waals surface area contributed by atoms with Crippen molar-refractivity contribution in [1.82, 2.24) is 20.4 Å². The van der Waals surface area contributed by atoms with Crippen LogP contribution in [0.15, 0.2) is 24.3 Å². The Kier molecular flexibility index (Phi) is 4.81. The SMILES string of the molecule is O=C(Nc1ccc(CCN2CCCC2)cc1)c1n[nH]c2c1CNCC2. The third-order valence-corrected chi connectivity index (χ3v) is 5.15. The molecule has 1 aromatic heterocycles. The van der Waals surface area contributed by atoms with Crippen LogP contribution in [0, 0.1) is 0 Å². The Morgan fingerprint density at radius 2 is 2.00 bits per heavy atom. The second-order valence-corrected chi connectivity index (χ2v) is 6.91. The van der Waals surface area contributed by atoms with Gasteiger partial charge in [0.05, 0.1) is 0 Å². The summed E-state index contributed by atoms with van der Waals surface area (Å²) in [5.74, 6) is -0.147. The first-order valence-corrected chi connectivity index (χ1v) is 9.19. The quantitative estimate of drug-likeness (QED) is 0.778. The number of anilines is 1. The number of benzene rings is 1. The lowest BCUT2D eigenvalue weighted by atomic mass is 10.1. The Balaban J connectivity index is 1.36. The second-order valence-electron chi connectivity index (χ2n) is 6.91. The van der Waals surface area contributed by atoms with Crippen molar-refractivity contribution in [3.8, 4) is 0 Å². The molecule has 0 atom stereocenters. The molecule has 3 heterocycles. The maximum absolute atomic E-state index is 12.5. The van der Waals surface area contributed by atoms with Crippen molar-refractivity contribution in [3.63, 3.8) is 0 Å². The molecule has 2 aliphatic heterocycles. The van der Waals surface area contributed by atoms with Gasteiger partial charge in [0.2, 0.25) is 0 Å². The molecule has 1 aromatic carbocycles. The molecule has 0 unspecified atom stereocenters. The zero-order valence-corrected chi connectivity index (χ0v) is 14.5. The molecule has 1 saturated heterocycles. The van der Waals surface area contributed by atoms with Gasteiger partial charge < -0.3 is 15.5 Å². The van der Waals surface area contributed by atoms with Crippen LogP contribution in [-0.2, 0) is 19.4 Å². The molecule has 25 heavy (non-hydrogen) atoms. The predicted octanol–water partition coefficient (Wildman–Crippen LogP) is 1.95. The topological polar surface area (TPSA) is 73.0 Å². The van der Waals surface area contributed by atoms with Gasteiger partial charge in [-0.15, -0.1) is 0 Å². The molecular formula is C19H25N5O. The Morgan fingerprint density at radius 3 is 2.80 bits per heavy atom. The van der Waals surface area contributed by atoms with E-state index in [-0.39, 0.29) is 5.91 Å². The van der Waals surface area contributed by atoms with E-state index < -0.39 is 0 Å². The summed E-state index contributed by atoms with van der Waals surface area (Å²) in [6.07, 6.45) is 4.61. The van der Waals surface area contributed by atoms with E-state index in [2.05, 4.69) is 37.9 Å². The number of carbonyl (C=O) groups excluding carboxylic acids is 1. The van der Waals surface area contributed by atoms with Crippen molar-refractivity contribution < 1.29 is 4.79 Å². The van der Waals surface area contributed by atoms with Crippen LogP contribution in [0.4, 0.5) is 5.69 Å². The molecule has 6 heteroatoms. The molecule has 0 radical (unpaired) electrons. The van der Waals surface area contributed by atoms with Crippen molar-refractivity contribution in [2.24, 2.45) is 0 Å². The minimum Gasteiger partial charge on any atom is -0.321 e. The van der Waals surface area contributed by atoms with E-state index >= 15 is 0 Å². The summed E-state index contributed by atoms with van der Waals surface area (Å²) in [5, 5.41) is 13.4. The molecule has 2 aromatic rings. The van der Waals surface area contributed by atoms with E-state index in [1.54, 1.807) is 0 Å². The van der Waals surface area contributed by atoms with Crippen LogP contribution < -0.4 is 10.6 Å². The Hall–Kier alpha value is -2.18. The molecule has 0 saturated carbocycles. The monoisotopic (exact) mass is 339 g/mol. The van der Waals surface area contributed by atoms with E-state index in [0.717, 1.165) is 42.9 Å². The van der Waals surface area contributed by atoms with Crippen LogP contribution >= 0.6 is 0 Å². The van der Waals surface area contributed by atoms with Gasteiger partial charge in [-0.2, -0.15) is 5.10 Å². The zero-order chi connectivity index (χ0) is 17.1. The number of nitrogens with zero attached hydrogens (tertiary/aromatic N) is 2. The fourth-order valence-corrected chi connectivity index (χ4v) is 3.65. The summed E-state index contributed by atoms with van der Waals surface area (Å²) in [7, 11) is 0. The van der Waals surface area contributed by atoms with Gasteiger partial charge in [-0.25, -0.2) is 0 Å². The van der Waals surface area contributed by atoms with Gasteiger partial charge in [0, 0.05) is 43.0 Å². The van der Waals surface area contributed by atoms with Crippen LogP contribution in [0.1, 0.15) is 40.2 Å². The highest BCUT2D eigenvalue weighted by atomic mass is 16.1. The number of fused-ring (bicyclic) bond motifs is 1. The van der Waals surface area contributed by atoms with Gasteiger partial charge in [0.15, 0.2) is 5.69 Å². The van der Waals surface area contributed by atoms with E-state index in [0.29, 0.717) is 12.2 Å². The average Bonchev–Trinajstić information content (AvgIpc) is 3.31. The van der Waals surface area contributed by atoms with Crippen molar-refractivity contribution in [2.45, 2.75) is 32.2 Å². The van der Waals surface area contributed by atoms with Crippen molar-refractivity contribution in [1.29, 1.82) is 0 Å². The van der Waals surface area contributed by atoms with Crippen molar-refractivity contribution in [2.75, 3.05) is 31.5 Å².